The summed E-state index contributed by atoms with van der Waals surface area (Å²) >= 11 is 0. The average molecular weight is 239 g/mol. The molecule has 0 radical (unpaired) electrons. The maximum atomic E-state index is 11.5. The number of rotatable bonds is 5. The SMILES string of the molecule is COc1ccc(C(=O)NCCC(=O)O)cc1O. The highest BCUT2D eigenvalue weighted by atomic mass is 16.5. The van der Waals surface area contributed by atoms with E-state index in [9.17, 15) is 14.7 Å². The number of carboxylic acids is 1. The number of hydrogen-bond acceptors (Lipinski definition) is 4. The van der Waals surface area contributed by atoms with E-state index in [0.29, 0.717) is 0 Å². The van der Waals surface area contributed by atoms with Gasteiger partial charge in [-0.1, -0.05) is 0 Å². The van der Waals surface area contributed by atoms with Gasteiger partial charge in [0.2, 0.25) is 0 Å². The van der Waals surface area contributed by atoms with Crippen LogP contribution in [0.4, 0.5) is 0 Å². The molecule has 17 heavy (non-hydrogen) atoms. The second kappa shape index (κ2) is 5.74. The van der Waals surface area contributed by atoms with Crippen LogP contribution in [-0.2, 0) is 4.79 Å². The molecular formula is C11H13NO5. The van der Waals surface area contributed by atoms with Gasteiger partial charge < -0.3 is 20.3 Å². The van der Waals surface area contributed by atoms with E-state index < -0.39 is 11.9 Å². The number of methoxy groups -OCH3 is 1. The summed E-state index contributed by atoms with van der Waals surface area (Å²) in [6.07, 6.45) is -0.145. The molecule has 0 aromatic heterocycles. The summed E-state index contributed by atoms with van der Waals surface area (Å²) in [5.41, 5.74) is 0.244. The number of benzene rings is 1. The molecule has 0 fully saturated rings. The second-order valence-corrected chi connectivity index (χ2v) is 3.29. The highest BCUT2D eigenvalue weighted by molar-refractivity contribution is 5.95. The Kier molecular flexibility index (Phi) is 4.33. The molecule has 0 aliphatic heterocycles. The molecule has 1 amide bonds. The third-order valence-corrected chi connectivity index (χ3v) is 2.07. The molecule has 0 aliphatic rings. The molecule has 0 saturated carbocycles. The number of carbonyl (C=O) groups is 2. The fourth-order valence-electron chi connectivity index (χ4n) is 1.22. The number of ether oxygens (including phenoxy) is 1. The van der Waals surface area contributed by atoms with Gasteiger partial charge in [0.15, 0.2) is 11.5 Å². The summed E-state index contributed by atoms with van der Waals surface area (Å²) in [5, 5.41) is 20.3. The van der Waals surface area contributed by atoms with Crippen molar-refractivity contribution >= 4 is 11.9 Å². The van der Waals surface area contributed by atoms with Crippen molar-refractivity contribution in [1.29, 1.82) is 0 Å². The van der Waals surface area contributed by atoms with E-state index in [0.717, 1.165) is 0 Å². The molecule has 92 valence electrons. The number of nitrogens with one attached hydrogen (secondary N) is 1. The summed E-state index contributed by atoms with van der Waals surface area (Å²) in [5.74, 6) is -1.29. The Morgan fingerprint density at radius 1 is 1.41 bits per heavy atom. The van der Waals surface area contributed by atoms with Gasteiger partial charge in [-0.15, -0.1) is 0 Å². The normalized spacial score (nSPS) is 9.71. The highest BCUT2D eigenvalue weighted by Crippen LogP contribution is 2.25. The summed E-state index contributed by atoms with van der Waals surface area (Å²) < 4.78 is 4.83. The first-order valence-electron chi connectivity index (χ1n) is 4.91. The number of phenolic OH excluding ortho intramolecular Hbond substituents is 1. The van der Waals surface area contributed by atoms with Crippen molar-refractivity contribution in [1.82, 2.24) is 5.32 Å². The smallest absolute Gasteiger partial charge is 0.305 e. The second-order valence-electron chi connectivity index (χ2n) is 3.29. The van der Waals surface area contributed by atoms with Gasteiger partial charge in [0.25, 0.3) is 5.91 Å². The Morgan fingerprint density at radius 3 is 2.65 bits per heavy atom. The van der Waals surface area contributed by atoms with Crippen LogP contribution in [0, 0.1) is 0 Å². The largest absolute Gasteiger partial charge is 0.504 e. The number of carbonyl (C=O) groups excluding carboxylic acids is 1. The van der Waals surface area contributed by atoms with Gasteiger partial charge >= 0.3 is 5.97 Å². The van der Waals surface area contributed by atoms with Crippen LogP contribution in [0.5, 0.6) is 11.5 Å². The zero-order valence-corrected chi connectivity index (χ0v) is 9.27. The third-order valence-electron chi connectivity index (χ3n) is 2.07. The van der Waals surface area contributed by atoms with Gasteiger partial charge in [-0.05, 0) is 18.2 Å². The molecule has 3 N–H and O–H groups in total. The van der Waals surface area contributed by atoms with E-state index in [2.05, 4.69) is 5.32 Å². The van der Waals surface area contributed by atoms with E-state index in [4.69, 9.17) is 9.84 Å². The van der Waals surface area contributed by atoms with Gasteiger partial charge in [0.1, 0.15) is 0 Å². The molecule has 0 bridgehead atoms. The maximum absolute atomic E-state index is 11.5. The Hall–Kier alpha value is -2.24. The number of aromatic hydroxyl groups is 1. The zero-order chi connectivity index (χ0) is 12.8. The van der Waals surface area contributed by atoms with Crippen molar-refractivity contribution in [2.45, 2.75) is 6.42 Å². The summed E-state index contributed by atoms with van der Waals surface area (Å²) in [7, 11) is 1.40. The predicted octanol–water partition coefficient (Wildman–Crippen LogP) is 0.605. The monoisotopic (exact) mass is 239 g/mol. The van der Waals surface area contributed by atoms with Gasteiger partial charge in [-0.2, -0.15) is 0 Å². The molecule has 1 aromatic carbocycles. The molecule has 0 atom stereocenters. The molecule has 6 nitrogen and oxygen atoms in total. The van der Waals surface area contributed by atoms with Crippen LogP contribution in [0.1, 0.15) is 16.8 Å². The van der Waals surface area contributed by atoms with Crippen LogP contribution in [-0.4, -0.2) is 35.7 Å². The molecule has 1 rings (SSSR count). The summed E-state index contributed by atoms with van der Waals surface area (Å²) in [4.78, 5) is 21.8. The van der Waals surface area contributed by atoms with E-state index in [1.54, 1.807) is 0 Å². The summed E-state index contributed by atoms with van der Waals surface area (Å²) in [6.45, 7) is 0.0426. The molecule has 1 aromatic rings. The van der Waals surface area contributed by atoms with Crippen molar-refractivity contribution in [3.63, 3.8) is 0 Å². The number of amides is 1. The lowest BCUT2D eigenvalue weighted by molar-refractivity contribution is -0.136. The van der Waals surface area contributed by atoms with E-state index in [1.807, 2.05) is 0 Å². The van der Waals surface area contributed by atoms with Gasteiger partial charge in [-0.25, -0.2) is 0 Å². The lowest BCUT2D eigenvalue weighted by atomic mass is 10.2. The molecule has 0 saturated heterocycles. The lowest BCUT2D eigenvalue weighted by Gasteiger charge is -2.06. The number of carboxylic acid groups (broad SMARTS) is 1. The Balaban J connectivity index is 2.63. The first-order valence-corrected chi connectivity index (χ1v) is 4.91. The van der Waals surface area contributed by atoms with E-state index in [-0.39, 0.29) is 30.0 Å². The standard InChI is InChI=1S/C11H13NO5/c1-17-9-3-2-7(6-8(9)13)11(16)12-5-4-10(14)15/h2-3,6,13H,4-5H2,1H3,(H,12,16)(H,14,15). The van der Waals surface area contributed by atoms with E-state index in [1.165, 1.54) is 25.3 Å². The highest BCUT2D eigenvalue weighted by Gasteiger charge is 2.09. The molecule has 0 aliphatic carbocycles. The van der Waals surface area contributed by atoms with Gasteiger partial charge in [-0.3, -0.25) is 9.59 Å². The van der Waals surface area contributed by atoms with Crippen LogP contribution >= 0.6 is 0 Å². The Labute approximate surface area is 97.8 Å². The van der Waals surface area contributed by atoms with Crippen LogP contribution in [0.2, 0.25) is 0 Å². The predicted molar refractivity (Wildman–Crippen MR) is 59.2 cm³/mol. The van der Waals surface area contributed by atoms with Gasteiger partial charge in [0.05, 0.1) is 13.5 Å². The van der Waals surface area contributed by atoms with Crippen molar-refractivity contribution in [3.05, 3.63) is 23.8 Å². The van der Waals surface area contributed by atoms with E-state index >= 15 is 0 Å². The van der Waals surface area contributed by atoms with Crippen molar-refractivity contribution in [2.24, 2.45) is 0 Å². The first kappa shape index (κ1) is 12.8. The molecule has 0 spiro atoms. The fourth-order valence-corrected chi connectivity index (χ4v) is 1.22. The molecule has 0 heterocycles. The molecule has 0 unspecified atom stereocenters. The zero-order valence-electron chi connectivity index (χ0n) is 9.27. The minimum absolute atomic E-state index is 0.0426. The fraction of sp³-hybridized carbons (Fsp3) is 0.273. The topological polar surface area (TPSA) is 95.9 Å². The van der Waals surface area contributed by atoms with Crippen molar-refractivity contribution in [3.8, 4) is 11.5 Å². The third kappa shape index (κ3) is 3.67. The minimum atomic E-state index is -0.983. The molecule has 6 heteroatoms. The quantitative estimate of drug-likeness (QED) is 0.699. The van der Waals surface area contributed by atoms with Crippen LogP contribution < -0.4 is 10.1 Å². The summed E-state index contributed by atoms with van der Waals surface area (Å²) in [6, 6.07) is 4.20. The molecular weight excluding hydrogens is 226 g/mol. The van der Waals surface area contributed by atoms with Crippen molar-refractivity contribution in [2.75, 3.05) is 13.7 Å². The number of hydrogen-bond donors (Lipinski definition) is 3. The van der Waals surface area contributed by atoms with Crippen LogP contribution in [0.3, 0.4) is 0 Å². The van der Waals surface area contributed by atoms with Crippen molar-refractivity contribution < 1.29 is 24.5 Å². The average Bonchev–Trinajstić information content (AvgIpc) is 2.28. The van der Waals surface area contributed by atoms with Gasteiger partial charge in [0, 0.05) is 12.1 Å². The van der Waals surface area contributed by atoms with Crippen LogP contribution in [0.15, 0.2) is 18.2 Å². The number of phenols is 1. The number of aliphatic carboxylic acids is 1. The minimum Gasteiger partial charge on any atom is -0.504 e. The first-order chi connectivity index (χ1) is 8.04. The van der Waals surface area contributed by atoms with Crippen LogP contribution in [0.25, 0.3) is 0 Å². The Morgan fingerprint density at radius 2 is 2.12 bits per heavy atom. The lowest BCUT2D eigenvalue weighted by Crippen LogP contribution is -2.25. The Bertz CT molecular complexity index is 430. The maximum Gasteiger partial charge on any atom is 0.305 e.